The minimum absolute atomic E-state index is 0.171. The molecule has 2 unspecified atom stereocenters. The van der Waals surface area contributed by atoms with Crippen LogP contribution in [0.25, 0.3) is 10.9 Å². The molecule has 1 aromatic heterocycles. The van der Waals surface area contributed by atoms with Crippen LogP contribution >= 0.6 is 0 Å². The molecule has 3 heterocycles. The first-order valence-corrected chi connectivity index (χ1v) is 8.96. The zero-order valence-corrected chi connectivity index (χ0v) is 14.4. The molecule has 6 nitrogen and oxygen atoms in total. The minimum atomic E-state index is -0.665. The van der Waals surface area contributed by atoms with Crippen molar-refractivity contribution in [2.24, 2.45) is 0 Å². The van der Waals surface area contributed by atoms with Gasteiger partial charge in [0, 0.05) is 34.6 Å². The van der Waals surface area contributed by atoms with E-state index in [2.05, 4.69) is 10.3 Å². The number of carbonyl (C=O) groups excluding carboxylic acids is 3. The number of benzene rings is 2. The summed E-state index contributed by atoms with van der Waals surface area (Å²) < 4.78 is 0. The highest BCUT2D eigenvalue weighted by atomic mass is 16.2. The van der Waals surface area contributed by atoms with E-state index in [1.807, 2.05) is 48.7 Å². The summed E-state index contributed by atoms with van der Waals surface area (Å²) in [6, 6.07) is 14.3. The van der Waals surface area contributed by atoms with Crippen molar-refractivity contribution in [1.82, 2.24) is 15.2 Å². The minimum Gasteiger partial charge on any atom is -0.361 e. The summed E-state index contributed by atoms with van der Waals surface area (Å²) in [6.45, 7) is 0. The van der Waals surface area contributed by atoms with E-state index in [9.17, 15) is 14.4 Å². The molecule has 3 aromatic rings. The molecule has 0 bridgehead atoms. The second-order valence-corrected chi connectivity index (χ2v) is 6.96. The van der Waals surface area contributed by atoms with Gasteiger partial charge in [-0.1, -0.05) is 36.4 Å². The number of aromatic nitrogens is 1. The Hall–Kier alpha value is -3.41. The first-order chi connectivity index (χ1) is 13.1. The summed E-state index contributed by atoms with van der Waals surface area (Å²) in [4.78, 5) is 42.2. The van der Waals surface area contributed by atoms with Gasteiger partial charge in [-0.25, -0.2) is 0 Å². The maximum absolute atomic E-state index is 13.2. The summed E-state index contributed by atoms with van der Waals surface area (Å²) in [7, 11) is 0. The Morgan fingerprint density at radius 2 is 1.70 bits per heavy atom. The van der Waals surface area contributed by atoms with E-state index < -0.39 is 11.9 Å². The monoisotopic (exact) mass is 359 g/mol. The predicted molar refractivity (Wildman–Crippen MR) is 98.9 cm³/mol. The van der Waals surface area contributed by atoms with Gasteiger partial charge in [0.2, 0.25) is 11.8 Å². The highest BCUT2D eigenvalue weighted by Gasteiger charge is 2.45. The molecule has 0 aliphatic carbocycles. The number of carbonyl (C=O) groups is 3. The average molecular weight is 359 g/mol. The summed E-state index contributed by atoms with van der Waals surface area (Å²) in [5, 5.41) is 3.39. The van der Waals surface area contributed by atoms with Crippen LogP contribution in [0.4, 0.5) is 0 Å². The highest BCUT2D eigenvalue weighted by Crippen LogP contribution is 2.43. The van der Waals surface area contributed by atoms with Crippen LogP contribution < -0.4 is 5.32 Å². The van der Waals surface area contributed by atoms with E-state index in [0.29, 0.717) is 12.0 Å². The van der Waals surface area contributed by atoms with Crippen LogP contribution in [0.15, 0.2) is 54.7 Å². The Balaban J connectivity index is 1.68. The van der Waals surface area contributed by atoms with E-state index in [-0.39, 0.29) is 24.3 Å². The lowest BCUT2D eigenvalue weighted by molar-refractivity contribution is -0.137. The lowest BCUT2D eigenvalue weighted by Crippen LogP contribution is -2.53. The Bertz CT molecular complexity index is 1100. The Kier molecular flexibility index (Phi) is 3.40. The van der Waals surface area contributed by atoms with Gasteiger partial charge in [-0.3, -0.25) is 19.7 Å². The standard InChI is InChI=1S/C21H17N3O3/c25-18-10-9-17(20(26)23-18)24-19(13-6-1-2-7-14(13)21(24)27)15-11-22-16-8-4-3-5-12(15)16/h1-8,11,17,19,22H,9-10H2,(H,23,25,26). The molecule has 0 spiro atoms. The van der Waals surface area contributed by atoms with Crippen LogP contribution in [-0.4, -0.2) is 33.6 Å². The van der Waals surface area contributed by atoms with Crippen LogP contribution in [-0.2, 0) is 9.59 Å². The fourth-order valence-corrected chi connectivity index (χ4v) is 4.24. The molecule has 2 N–H and O–H groups in total. The number of H-pyrrole nitrogens is 1. The van der Waals surface area contributed by atoms with Crippen molar-refractivity contribution in [3.8, 4) is 0 Å². The molecule has 134 valence electrons. The molecule has 1 fully saturated rings. The van der Waals surface area contributed by atoms with Gasteiger partial charge in [-0.2, -0.15) is 0 Å². The van der Waals surface area contributed by atoms with Crippen molar-refractivity contribution >= 4 is 28.6 Å². The SMILES string of the molecule is O=C1CCC(N2C(=O)c3ccccc3C2c2c[nH]c3ccccc23)C(=O)N1. The van der Waals surface area contributed by atoms with Crippen molar-refractivity contribution in [3.63, 3.8) is 0 Å². The number of amides is 3. The molecule has 2 aliphatic rings. The number of rotatable bonds is 2. The molecule has 2 aliphatic heterocycles. The number of nitrogens with zero attached hydrogens (tertiary/aromatic N) is 1. The zero-order valence-electron chi connectivity index (χ0n) is 14.4. The number of hydrogen-bond donors (Lipinski definition) is 2. The summed E-state index contributed by atoms with van der Waals surface area (Å²) >= 11 is 0. The van der Waals surface area contributed by atoms with Crippen molar-refractivity contribution in [2.45, 2.75) is 24.9 Å². The molecular weight excluding hydrogens is 342 g/mol. The predicted octanol–water partition coefficient (Wildman–Crippen LogP) is 2.52. The first kappa shape index (κ1) is 15.8. The van der Waals surface area contributed by atoms with Crippen molar-refractivity contribution in [1.29, 1.82) is 0 Å². The Labute approximate surface area is 155 Å². The van der Waals surface area contributed by atoms with E-state index in [1.54, 1.807) is 11.0 Å². The van der Waals surface area contributed by atoms with Crippen molar-refractivity contribution in [3.05, 3.63) is 71.4 Å². The summed E-state index contributed by atoms with van der Waals surface area (Å²) in [5.41, 5.74) is 3.43. The van der Waals surface area contributed by atoms with Crippen LogP contribution in [0.1, 0.15) is 40.4 Å². The van der Waals surface area contributed by atoms with Gasteiger partial charge in [-0.15, -0.1) is 0 Å². The molecule has 6 heteroatoms. The fourth-order valence-electron chi connectivity index (χ4n) is 4.24. The van der Waals surface area contributed by atoms with Crippen molar-refractivity contribution < 1.29 is 14.4 Å². The molecule has 5 rings (SSSR count). The Morgan fingerprint density at radius 3 is 2.56 bits per heavy atom. The maximum atomic E-state index is 13.2. The van der Waals surface area contributed by atoms with Crippen LogP contribution in [0.3, 0.4) is 0 Å². The average Bonchev–Trinajstić information content (AvgIpc) is 3.21. The molecular formula is C21H17N3O3. The molecule has 1 saturated heterocycles. The first-order valence-electron chi connectivity index (χ1n) is 8.96. The number of piperidine rings is 1. The topological polar surface area (TPSA) is 82.3 Å². The van der Waals surface area contributed by atoms with Gasteiger partial charge >= 0.3 is 0 Å². The third-order valence-corrected chi connectivity index (χ3v) is 5.46. The number of fused-ring (bicyclic) bond motifs is 2. The number of aromatic amines is 1. The van der Waals surface area contributed by atoms with E-state index >= 15 is 0 Å². The molecule has 2 aromatic carbocycles. The molecule has 2 atom stereocenters. The maximum Gasteiger partial charge on any atom is 0.255 e. The smallest absolute Gasteiger partial charge is 0.255 e. The highest BCUT2D eigenvalue weighted by molar-refractivity contribution is 6.06. The Morgan fingerprint density at radius 1 is 0.926 bits per heavy atom. The molecule has 0 radical (unpaired) electrons. The summed E-state index contributed by atoms with van der Waals surface area (Å²) in [6.07, 6.45) is 2.48. The second-order valence-electron chi connectivity index (χ2n) is 6.96. The van der Waals surface area contributed by atoms with Gasteiger partial charge in [0.05, 0.1) is 6.04 Å². The lowest BCUT2D eigenvalue weighted by atomic mass is 9.95. The number of nitrogens with one attached hydrogen (secondary N) is 2. The van der Waals surface area contributed by atoms with E-state index in [1.165, 1.54) is 0 Å². The third-order valence-electron chi connectivity index (χ3n) is 5.46. The third kappa shape index (κ3) is 2.30. The number of para-hydroxylation sites is 1. The van der Waals surface area contributed by atoms with Gasteiger partial charge < -0.3 is 9.88 Å². The molecule has 0 saturated carbocycles. The van der Waals surface area contributed by atoms with E-state index in [4.69, 9.17) is 0 Å². The fraction of sp³-hybridized carbons (Fsp3) is 0.190. The van der Waals surface area contributed by atoms with E-state index in [0.717, 1.165) is 22.0 Å². The molecule has 27 heavy (non-hydrogen) atoms. The van der Waals surface area contributed by atoms with Gasteiger partial charge in [0.1, 0.15) is 6.04 Å². The van der Waals surface area contributed by atoms with Gasteiger partial charge in [0.25, 0.3) is 5.91 Å². The zero-order chi connectivity index (χ0) is 18.5. The quantitative estimate of drug-likeness (QED) is 0.690. The van der Waals surface area contributed by atoms with Crippen LogP contribution in [0.5, 0.6) is 0 Å². The molecule has 3 amide bonds. The largest absolute Gasteiger partial charge is 0.361 e. The van der Waals surface area contributed by atoms with Crippen LogP contribution in [0, 0.1) is 0 Å². The van der Waals surface area contributed by atoms with Crippen LogP contribution in [0.2, 0.25) is 0 Å². The number of imide groups is 1. The van der Waals surface area contributed by atoms with Crippen molar-refractivity contribution in [2.75, 3.05) is 0 Å². The normalized spacial score (nSPS) is 22.2. The lowest BCUT2D eigenvalue weighted by Gasteiger charge is -2.34. The van der Waals surface area contributed by atoms with Gasteiger partial charge in [0.15, 0.2) is 0 Å². The second kappa shape index (κ2) is 5.81. The number of hydrogen-bond acceptors (Lipinski definition) is 3. The summed E-state index contributed by atoms with van der Waals surface area (Å²) in [5.74, 6) is -0.864. The van der Waals surface area contributed by atoms with Gasteiger partial charge in [-0.05, 0) is 24.1 Å².